The van der Waals surface area contributed by atoms with Crippen LogP contribution in [0.2, 0.25) is 0 Å². The van der Waals surface area contributed by atoms with E-state index in [-0.39, 0.29) is 10.8 Å². The smallest absolute Gasteiger partial charge is 0.0354 e. The molecule has 0 amide bonds. The Balaban J connectivity index is 2.86. The third kappa shape index (κ3) is 14.9. The van der Waals surface area contributed by atoms with E-state index in [0.717, 1.165) is 17.8 Å². The van der Waals surface area contributed by atoms with E-state index in [1.54, 1.807) is 5.57 Å². The molecule has 46 heavy (non-hydrogen) atoms. The number of hydrogen-bond donors (Lipinski definition) is 0. The fourth-order valence-electron chi connectivity index (χ4n) is 8.26. The van der Waals surface area contributed by atoms with Crippen molar-refractivity contribution in [2.24, 2.45) is 58.2 Å². The fourth-order valence-corrected chi connectivity index (χ4v) is 8.26. The van der Waals surface area contributed by atoms with Crippen molar-refractivity contribution >= 4 is 0 Å². The summed E-state index contributed by atoms with van der Waals surface area (Å²) in [4.78, 5) is 0. The summed E-state index contributed by atoms with van der Waals surface area (Å²) in [7, 11) is 0. The van der Waals surface area contributed by atoms with E-state index < -0.39 is 0 Å². The minimum Gasteiger partial charge on any atom is -0.0993 e. The lowest BCUT2D eigenvalue weighted by Gasteiger charge is -2.43. The number of rotatable bonds is 23. The van der Waals surface area contributed by atoms with Gasteiger partial charge in [0, 0.05) is 11.8 Å². The molecular formula is C46H82. The first-order valence-electron chi connectivity index (χ1n) is 20.2. The molecular weight excluding hydrogens is 553 g/mol. The highest BCUT2D eigenvalue weighted by Gasteiger charge is 2.38. The van der Waals surface area contributed by atoms with E-state index in [9.17, 15) is 0 Å². The summed E-state index contributed by atoms with van der Waals surface area (Å²) in [5.41, 5.74) is 3.57. The van der Waals surface area contributed by atoms with Crippen molar-refractivity contribution in [2.75, 3.05) is 0 Å². The highest BCUT2D eigenvalue weighted by atomic mass is 14.4. The maximum absolute atomic E-state index is 4.82. The minimum absolute atomic E-state index is 0.143. The molecule has 1 fully saturated rings. The van der Waals surface area contributed by atoms with Crippen LogP contribution in [0.5, 0.6) is 0 Å². The van der Waals surface area contributed by atoms with E-state index in [4.69, 9.17) is 6.58 Å². The van der Waals surface area contributed by atoms with E-state index in [1.807, 2.05) is 0 Å². The van der Waals surface area contributed by atoms with Gasteiger partial charge in [0.1, 0.15) is 0 Å². The molecule has 1 rings (SSSR count). The lowest BCUT2D eigenvalue weighted by Crippen LogP contribution is -2.33. The Hall–Kier alpha value is -1.22. The van der Waals surface area contributed by atoms with Gasteiger partial charge in [0.15, 0.2) is 0 Å². The van der Waals surface area contributed by atoms with Gasteiger partial charge in [-0.05, 0) is 105 Å². The molecule has 1 saturated carbocycles. The van der Waals surface area contributed by atoms with Gasteiger partial charge in [-0.1, -0.05) is 176 Å². The van der Waals surface area contributed by atoms with Crippen LogP contribution in [0.3, 0.4) is 0 Å². The Morgan fingerprint density at radius 3 is 2.11 bits per heavy atom. The Kier molecular flexibility index (Phi) is 20.2. The monoisotopic (exact) mass is 635 g/mol. The van der Waals surface area contributed by atoms with Crippen LogP contribution in [-0.4, -0.2) is 0 Å². The summed E-state index contributed by atoms with van der Waals surface area (Å²) in [6, 6.07) is 0. The largest absolute Gasteiger partial charge is 0.0993 e. The summed E-state index contributed by atoms with van der Waals surface area (Å²) >= 11 is 0. The van der Waals surface area contributed by atoms with E-state index >= 15 is 0 Å². The number of unbranched alkanes of at least 4 members (excludes halogenated alkanes) is 4. The van der Waals surface area contributed by atoms with Crippen LogP contribution in [0.1, 0.15) is 186 Å². The van der Waals surface area contributed by atoms with Gasteiger partial charge in [0.25, 0.3) is 0 Å². The molecule has 0 N–H and O–H groups in total. The van der Waals surface area contributed by atoms with Crippen LogP contribution < -0.4 is 0 Å². The maximum atomic E-state index is 4.82. The molecule has 0 aromatic carbocycles. The zero-order chi connectivity index (χ0) is 34.9. The Bertz CT molecular complexity index is 962. The third-order valence-corrected chi connectivity index (χ3v) is 12.2. The fraction of sp³-hybridized carbons (Fsp3) is 0.826. The van der Waals surface area contributed by atoms with Gasteiger partial charge in [-0.25, -0.2) is 0 Å². The van der Waals surface area contributed by atoms with Gasteiger partial charge in [0.2, 0.25) is 0 Å². The zero-order valence-electron chi connectivity index (χ0n) is 33.7. The van der Waals surface area contributed by atoms with Crippen molar-refractivity contribution in [1.82, 2.24) is 0 Å². The second-order valence-electron chi connectivity index (χ2n) is 17.3. The van der Waals surface area contributed by atoms with E-state index in [0.29, 0.717) is 29.6 Å². The van der Waals surface area contributed by atoms with Crippen molar-refractivity contribution in [3.63, 3.8) is 0 Å². The quantitative estimate of drug-likeness (QED) is 0.0596. The summed E-state index contributed by atoms with van der Waals surface area (Å²) in [5.74, 6) is 12.6. The average Bonchev–Trinajstić information content (AvgIpc) is 3.00. The first-order chi connectivity index (χ1) is 21.6. The topological polar surface area (TPSA) is 0 Å². The lowest BCUT2D eigenvalue weighted by atomic mass is 9.62. The molecule has 8 unspecified atom stereocenters. The molecule has 0 heteroatoms. The lowest BCUT2D eigenvalue weighted by molar-refractivity contribution is 0.120. The highest BCUT2D eigenvalue weighted by molar-refractivity contribution is 5.17. The molecule has 1 aliphatic carbocycles. The number of hydrogen-bond acceptors (Lipinski definition) is 0. The molecule has 8 atom stereocenters. The van der Waals surface area contributed by atoms with Crippen LogP contribution in [0.15, 0.2) is 36.0 Å². The Morgan fingerprint density at radius 1 is 0.870 bits per heavy atom. The molecule has 0 radical (unpaired) electrons. The molecule has 0 aromatic rings. The average molecular weight is 635 g/mol. The SMILES string of the molecule is C=C(C(C)C(C)(CC)CC(C)C=CC(C)C#CC(CCCCCC)CC(C)C)C(C)(C)CCC(=CC1CC(C)C1CC)CCCC. The second kappa shape index (κ2) is 21.7. The van der Waals surface area contributed by atoms with Crippen molar-refractivity contribution in [1.29, 1.82) is 0 Å². The molecule has 0 spiro atoms. The summed E-state index contributed by atoms with van der Waals surface area (Å²) in [5, 5.41) is 0. The molecule has 266 valence electrons. The van der Waals surface area contributed by atoms with Gasteiger partial charge in [-0.15, -0.1) is 0 Å². The summed E-state index contributed by atoms with van der Waals surface area (Å²) < 4.78 is 0. The Labute approximate surface area is 291 Å². The van der Waals surface area contributed by atoms with E-state index in [1.165, 1.54) is 102 Å². The molecule has 0 heterocycles. The predicted octanol–water partition coefficient (Wildman–Crippen LogP) is 15.1. The van der Waals surface area contributed by atoms with Gasteiger partial charge >= 0.3 is 0 Å². The number of allylic oxidation sites excluding steroid dienone is 5. The summed E-state index contributed by atoms with van der Waals surface area (Å²) in [6.45, 7) is 36.0. The molecule has 0 aliphatic heterocycles. The second-order valence-corrected chi connectivity index (χ2v) is 17.3. The van der Waals surface area contributed by atoms with Gasteiger partial charge in [-0.3, -0.25) is 0 Å². The standard InChI is InChI=1S/C46H82/c1-15-19-21-22-24-41(31-35(5)6)28-27-36(7)25-26-37(8)34-46(14,18-4)40(11)39(10)45(12,13)30-29-42(23-20-16-2)33-43-32-38(9)44(43)17-3/h25-26,33,35-38,40-41,43-44H,10,15-24,29-32,34H2,1-9,11-14H3. The molecule has 0 saturated heterocycles. The molecule has 0 bridgehead atoms. The normalized spacial score (nSPS) is 22.9. The van der Waals surface area contributed by atoms with Gasteiger partial charge < -0.3 is 0 Å². The van der Waals surface area contributed by atoms with Gasteiger partial charge in [-0.2, -0.15) is 0 Å². The highest BCUT2D eigenvalue weighted by Crippen LogP contribution is 2.48. The van der Waals surface area contributed by atoms with Crippen LogP contribution in [0.25, 0.3) is 0 Å². The van der Waals surface area contributed by atoms with Crippen molar-refractivity contribution in [2.45, 2.75) is 186 Å². The predicted molar refractivity (Wildman–Crippen MR) is 210 cm³/mol. The first-order valence-corrected chi connectivity index (χ1v) is 20.2. The molecule has 1 aliphatic rings. The molecule has 0 nitrogen and oxygen atoms in total. The maximum Gasteiger partial charge on any atom is 0.0354 e. The molecule has 0 aromatic heterocycles. The van der Waals surface area contributed by atoms with Crippen LogP contribution in [0, 0.1) is 70.0 Å². The van der Waals surface area contributed by atoms with Crippen LogP contribution >= 0.6 is 0 Å². The third-order valence-electron chi connectivity index (χ3n) is 12.2. The van der Waals surface area contributed by atoms with Crippen molar-refractivity contribution in [3.05, 3.63) is 36.0 Å². The minimum atomic E-state index is 0.143. The van der Waals surface area contributed by atoms with Crippen LogP contribution in [0.4, 0.5) is 0 Å². The van der Waals surface area contributed by atoms with Crippen molar-refractivity contribution < 1.29 is 0 Å². The first kappa shape index (κ1) is 42.8. The van der Waals surface area contributed by atoms with Crippen molar-refractivity contribution in [3.8, 4) is 11.8 Å². The van der Waals surface area contributed by atoms with Crippen LogP contribution in [-0.2, 0) is 0 Å². The van der Waals surface area contributed by atoms with E-state index in [2.05, 4.69) is 120 Å². The Morgan fingerprint density at radius 2 is 1.54 bits per heavy atom. The van der Waals surface area contributed by atoms with Gasteiger partial charge in [0.05, 0.1) is 0 Å². The zero-order valence-corrected chi connectivity index (χ0v) is 33.7. The summed E-state index contributed by atoms with van der Waals surface area (Å²) in [6.07, 6.45) is 26.9.